The summed E-state index contributed by atoms with van der Waals surface area (Å²) < 4.78 is 45.6. The SMILES string of the molecule is COc1ncnc(C2CC2)c1-c1ncc([N+](=O)[O-])c(NCc2ccc(-n3nc(C(F)(F)F)cc3C)cc2)n1. The maximum atomic E-state index is 13.0. The van der Waals surface area contributed by atoms with Crippen molar-refractivity contribution in [2.45, 2.75) is 38.4 Å². The zero-order valence-electron chi connectivity index (χ0n) is 20.2. The predicted octanol–water partition coefficient (Wildman–Crippen LogP) is 4.85. The fourth-order valence-electron chi connectivity index (χ4n) is 3.99. The zero-order valence-corrected chi connectivity index (χ0v) is 20.2. The number of hydrogen-bond donors (Lipinski definition) is 1. The number of aryl methyl sites for hydroxylation is 1. The van der Waals surface area contributed by atoms with Gasteiger partial charge in [0.2, 0.25) is 11.7 Å². The van der Waals surface area contributed by atoms with Gasteiger partial charge in [0.25, 0.3) is 0 Å². The number of rotatable bonds is 8. The number of aromatic nitrogens is 6. The van der Waals surface area contributed by atoms with E-state index in [1.165, 1.54) is 25.0 Å². The number of nitrogens with zero attached hydrogens (tertiary/aromatic N) is 7. The van der Waals surface area contributed by atoms with Gasteiger partial charge in [-0.05, 0) is 43.5 Å². The third kappa shape index (κ3) is 4.96. The van der Waals surface area contributed by atoms with E-state index in [2.05, 4.69) is 30.4 Å². The molecule has 0 atom stereocenters. The van der Waals surface area contributed by atoms with Crippen LogP contribution in [0.3, 0.4) is 0 Å². The molecule has 5 rings (SSSR count). The van der Waals surface area contributed by atoms with Crippen molar-refractivity contribution in [1.29, 1.82) is 0 Å². The van der Waals surface area contributed by atoms with E-state index in [-0.39, 0.29) is 35.7 Å². The minimum atomic E-state index is -4.54. The molecule has 0 aliphatic heterocycles. The quantitative estimate of drug-likeness (QED) is 0.252. The maximum absolute atomic E-state index is 13.0. The largest absolute Gasteiger partial charge is 0.480 e. The Morgan fingerprint density at radius 3 is 2.53 bits per heavy atom. The molecule has 0 saturated heterocycles. The van der Waals surface area contributed by atoms with E-state index in [1.54, 1.807) is 24.3 Å². The smallest absolute Gasteiger partial charge is 0.435 e. The van der Waals surface area contributed by atoms with Crippen LogP contribution in [0.15, 0.2) is 42.9 Å². The van der Waals surface area contributed by atoms with E-state index in [9.17, 15) is 23.3 Å². The Hall–Kier alpha value is -4.62. The van der Waals surface area contributed by atoms with E-state index in [4.69, 9.17) is 4.74 Å². The second-order valence-electron chi connectivity index (χ2n) is 8.70. The molecule has 1 saturated carbocycles. The van der Waals surface area contributed by atoms with Crippen LogP contribution >= 0.6 is 0 Å². The van der Waals surface area contributed by atoms with Gasteiger partial charge >= 0.3 is 11.9 Å². The zero-order chi connectivity index (χ0) is 27.0. The molecule has 0 amide bonds. The molecule has 196 valence electrons. The highest BCUT2D eigenvalue weighted by molar-refractivity contribution is 5.69. The standard InChI is InChI=1S/C24H21F3N8O3/c1-13-9-18(24(25,26)27)33-34(13)16-7-3-14(4-8-16)10-28-21-17(35(36)37)11-29-22(32-21)19-20(15-5-6-15)30-12-31-23(19)38-2/h3-4,7-9,11-12,15H,5-6,10H2,1-2H3,(H,28,29,32). The highest BCUT2D eigenvalue weighted by Crippen LogP contribution is 2.45. The maximum Gasteiger partial charge on any atom is 0.435 e. The summed E-state index contributed by atoms with van der Waals surface area (Å²) in [7, 11) is 1.46. The molecule has 4 aromatic rings. The Labute approximate surface area is 213 Å². The number of nitro groups is 1. The Morgan fingerprint density at radius 1 is 1.18 bits per heavy atom. The summed E-state index contributed by atoms with van der Waals surface area (Å²) >= 11 is 0. The van der Waals surface area contributed by atoms with Crippen LogP contribution in [-0.2, 0) is 12.7 Å². The number of anilines is 1. The first kappa shape index (κ1) is 25.0. The van der Waals surface area contributed by atoms with Crippen LogP contribution in [0.2, 0.25) is 0 Å². The predicted molar refractivity (Wildman–Crippen MR) is 129 cm³/mol. The van der Waals surface area contributed by atoms with Crippen molar-refractivity contribution in [2.24, 2.45) is 0 Å². The Balaban J connectivity index is 1.41. The molecule has 14 heteroatoms. The first-order valence-electron chi connectivity index (χ1n) is 11.5. The topological polar surface area (TPSA) is 134 Å². The Bertz CT molecular complexity index is 1500. The van der Waals surface area contributed by atoms with Crippen LogP contribution in [-0.4, -0.2) is 41.7 Å². The summed E-state index contributed by atoms with van der Waals surface area (Å²) in [5, 5.41) is 18.3. The molecular weight excluding hydrogens is 505 g/mol. The molecule has 0 radical (unpaired) electrons. The molecule has 0 spiro atoms. The highest BCUT2D eigenvalue weighted by Gasteiger charge is 2.35. The van der Waals surface area contributed by atoms with Crippen LogP contribution in [0, 0.1) is 17.0 Å². The number of benzene rings is 1. The molecule has 1 aliphatic rings. The summed E-state index contributed by atoms with van der Waals surface area (Å²) in [6.07, 6.45) is -0.109. The second-order valence-corrected chi connectivity index (χ2v) is 8.70. The van der Waals surface area contributed by atoms with Gasteiger partial charge in [-0.15, -0.1) is 0 Å². The van der Waals surface area contributed by atoms with E-state index in [0.717, 1.165) is 30.8 Å². The van der Waals surface area contributed by atoms with E-state index >= 15 is 0 Å². The number of halogens is 3. The van der Waals surface area contributed by atoms with Gasteiger partial charge < -0.3 is 10.1 Å². The van der Waals surface area contributed by atoms with Crippen LogP contribution in [0.4, 0.5) is 24.7 Å². The number of nitrogens with one attached hydrogen (secondary N) is 1. The number of alkyl halides is 3. The van der Waals surface area contributed by atoms with Crippen molar-refractivity contribution in [1.82, 2.24) is 29.7 Å². The summed E-state index contributed by atoms with van der Waals surface area (Å²) in [6.45, 7) is 1.69. The monoisotopic (exact) mass is 526 g/mol. The van der Waals surface area contributed by atoms with E-state index in [1.807, 2.05) is 0 Å². The first-order chi connectivity index (χ1) is 18.2. The lowest BCUT2D eigenvalue weighted by Crippen LogP contribution is -2.09. The third-order valence-corrected chi connectivity index (χ3v) is 6.01. The minimum Gasteiger partial charge on any atom is -0.480 e. The molecule has 11 nitrogen and oxygen atoms in total. The number of hydrogen-bond acceptors (Lipinski definition) is 9. The van der Waals surface area contributed by atoms with Crippen molar-refractivity contribution >= 4 is 11.5 Å². The van der Waals surface area contributed by atoms with Crippen molar-refractivity contribution in [3.8, 4) is 23.0 Å². The van der Waals surface area contributed by atoms with Gasteiger partial charge in [0.1, 0.15) is 18.1 Å². The second kappa shape index (κ2) is 9.68. The molecule has 0 unspecified atom stereocenters. The molecule has 1 aromatic carbocycles. The van der Waals surface area contributed by atoms with Gasteiger partial charge in [-0.2, -0.15) is 18.3 Å². The summed E-state index contributed by atoms with van der Waals surface area (Å²) in [6, 6.07) is 7.58. The fourth-order valence-corrected chi connectivity index (χ4v) is 3.99. The third-order valence-electron chi connectivity index (χ3n) is 6.01. The molecule has 1 aliphatic carbocycles. The molecule has 3 aromatic heterocycles. The van der Waals surface area contributed by atoms with E-state index in [0.29, 0.717) is 22.5 Å². The lowest BCUT2D eigenvalue weighted by atomic mass is 10.1. The van der Waals surface area contributed by atoms with Gasteiger partial charge in [0, 0.05) is 18.2 Å². The molecule has 1 fully saturated rings. The summed E-state index contributed by atoms with van der Waals surface area (Å²) in [4.78, 5) is 28.2. The lowest BCUT2D eigenvalue weighted by molar-refractivity contribution is -0.384. The van der Waals surface area contributed by atoms with Gasteiger partial charge in [-0.3, -0.25) is 10.1 Å². The van der Waals surface area contributed by atoms with Crippen LogP contribution in [0.5, 0.6) is 5.88 Å². The summed E-state index contributed by atoms with van der Waals surface area (Å²) in [5.41, 5.74) is 1.42. The van der Waals surface area contributed by atoms with Crippen LogP contribution in [0.25, 0.3) is 17.1 Å². The van der Waals surface area contributed by atoms with E-state index < -0.39 is 16.8 Å². The molecule has 1 N–H and O–H groups in total. The average Bonchev–Trinajstić information content (AvgIpc) is 3.67. The number of methoxy groups -OCH3 is 1. The highest BCUT2D eigenvalue weighted by atomic mass is 19.4. The normalized spacial score (nSPS) is 13.4. The van der Waals surface area contributed by atoms with Gasteiger partial charge in [0.05, 0.1) is 23.4 Å². The molecule has 0 bridgehead atoms. The Morgan fingerprint density at radius 2 is 1.92 bits per heavy atom. The van der Waals surface area contributed by atoms with Crippen LogP contribution < -0.4 is 10.1 Å². The van der Waals surface area contributed by atoms with Gasteiger partial charge in [0.15, 0.2) is 11.5 Å². The molecular formula is C24H21F3N8O3. The van der Waals surface area contributed by atoms with Crippen molar-refractivity contribution in [3.63, 3.8) is 0 Å². The van der Waals surface area contributed by atoms with Crippen molar-refractivity contribution < 1.29 is 22.8 Å². The minimum absolute atomic E-state index is 0.00512. The number of ether oxygens (including phenoxy) is 1. The van der Waals surface area contributed by atoms with Gasteiger partial charge in [-0.25, -0.2) is 24.6 Å². The molecule has 38 heavy (non-hydrogen) atoms. The lowest BCUT2D eigenvalue weighted by Gasteiger charge is -2.12. The van der Waals surface area contributed by atoms with Crippen LogP contribution in [0.1, 0.15) is 41.4 Å². The average molecular weight is 526 g/mol. The van der Waals surface area contributed by atoms with Gasteiger partial charge in [-0.1, -0.05) is 12.1 Å². The first-order valence-corrected chi connectivity index (χ1v) is 11.5. The van der Waals surface area contributed by atoms with Crippen molar-refractivity contribution in [2.75, 3.05) is 12.4 Å². The fraction of sp³-hybridized carbons (Fsp3) is 0.292. The Kier molecular flexibility index (Phi) is 6.38. The molecule has 3 heterocycles. The summed E-state index contributed by atoms with van der Waals surface area (Å²) in [5.74, 6) is 0.693. The van der Waals surface area contributed by atoms with Crippen molar-refractivity contribution in [3.05, 3.63) is 75.6 Å².